The molecule has 1 heterocycles. The van der Waals surface area contributed by atoms with E-state index in [0.717, 1.165) is 0 Å². The Bertz CT molecular complexity index is 261. The molecule has 1 N–H and O–H groups in total. The number of amides is 2. The molecule has 0 aromatic carbocycles. The van der Waals surface area contributed by atoms with Gasteiger partial charge in [0.1, 0.15) is 6.04 Å². The van der Waals surface area contributed by atoms with Crippen LogP contribution < -0.4 is 5.32 Å². The van der Waals surface area contributed by atoms with Crippen LogP contribution in [0.1, 0.15) is 20.3 Å². The van der Waals surface area contributed by atoms with Crippen LogP contribution in [-0.2, 0) is 9.59 Å². The van der Waals surface area contributed by atoms with Crippen molar-refractivity contribution >= 4 is 11.8 Å². The van der Waals surface area contributed by atoms with E-state index >= 15 is 0 Å². The lowest BCUT2D eigenvalue weighted by Gasteiger charge is -2.31. The van der Waals surface area contributed by atoms with Gasteiger partial charge in [-0.2, -0.15) is 0 Å². The Morgan fingerprint density at radius 3 is 2.86 bits per heavy atom. The second-order valence-electron chi connectivity index (χ2n) is 3.32. The first-order valence-electron chi connectivity index (χ1n) is 4.88. The van der Waals surface area contributed by atoms with Gasteiger partial charge in [0.2, 0.25) is 11.8 Å². The van der Waals surface area contributed by atoms with Gasteiger partial charge < -0.3 is 10.2 Å². The van der Waals surface area contributed by atoms with E-state index in [1.165, 1.54) is 0 Å². The monoisotopic (exact) mass is 196 g/mol. The van der Waals surface area contributed by atoms with Gasteiger partial charge in [0, 0.05) is 6.54 Å². The number of piperazine rings is 1. The fourth-order valence-electron chi connectivity index (χ4n) is 1.44. The van der Waals surface area contributed by atoms with Crippen LogP contribution in [0.2, 0.25) is 0 Å². The number of nitrogens with one attached hydrogen (secondary N) is 1. The van der Waals surface area contributed by atoms with Crippen molar-refractivity contribution in [2.45, 2.75) is 26.3 Å². The highest BCUT2D eigenvalue weighted by Gasteiger charge is 2.30. The predicted molar refractivity (Wildman–Crippen MR) is 53.6 cm³/mol. The Morgan fingerprint density at radius 2 is 2.29 bits per heavy atom. The zero-order valence-corrected chi connectivity index (χ0v) is 8.62. The maximum absolute atomic E-state index is 11.7. The van der Waals surface area contributed by atoms with Crippen molar-refractivity contribution in [3.05, 3.63) is 12.2 Å². The Balaban J connectivity index is 2.64. The molecule has 1 aliphatic heterocycles. The van der Waals surface area contributed by atoms with E-state index in [1.54, 1.807) is 4.90 Å². The number of hydrogen-bond acceptors (Lipinski definition) is 2. The van der Waals surface area contributed by atoms with Crippen molar-refractivity contribution in [1.29, 1.82) is 0 Å². The molecule has 1 fully saturated rings. The standard InChI is InChI=1S/C10H16N2O2/c1-3-5-6-12-7-9(13)11-8(4-2)10(12)14/h3,5,8H,4,6-7H2,1-2H3,(H,11,13)/b5-3+. The summed E-state index contributed by atoms with van der Waals surface area (Å²) in [7, 11) is 0. The minimum absolute atomic E-state index is 0.0187. The van der Waals surface area contributed by atoms with E-state index in [1.807, 2.05) is 26.0 Å². The van der Waals surface area contributed by atoms with Crippen molar-refractivity contribution < 1.29 is 9.59 Å². The van der Waals surface area contributed by atoms with Gasteiger partial charge in [0.05, 0.1) is 6.54 Å². The molecule has 0 bridgehead atoms. The first-order valence-corrected chi connectivity index (χ1v) is 4.88. The summed E-state index contributed by atoms with van der Waals surface area (Å²) in [6.07, 6.45) is 4.40. The van der Waals surface area contributed by atoms with Gasteiger partial charge in [-0.3, -0.25) is 9.59 Å². The van der Waals surface area contributed by atoms with Crippen LogP contribution in [0.5, 0.6) is 0 Å². The van der Waals surface area contributed by atoms with Gasteiger partial charge in [-0.15, -0.1) is 0 Å². The van der Waals surface area contributed by atoms with Crippen molar-refractivity contribution in [3.63, 3.8) is 0 Å². The molecule has 1 unspecified atom stereocenters. The molecule has 0 radical (unpaired) electrons. The fourth-order valence-corrected chi connectivity index (χ4v) is 1.44. The summed E-state index contributed by atoms with van der Waals surface area (Å²) in [5, 5.41) is 2.67. The Labute approximate surface area is 84.0 Å². The van der Waals surface area contributed by atoms with E-state index < -0.39 is 0 Å². The maximum atomic E-state index is 11.7. The summed E-state index contributed by atoms with van der Waals surface area (Å²) in [5.41, 5.74) is 0. The SMILES string of the molecule is C/C=C/CN1CC(=O)NC(CC)C1=O. The topological polar surface area (TPSA) is 49.4 Å². The largest absolute Gasteiger partial charge is 0.343 e. The molecule has 78 valence electrons. The number of allylic oxidation sites excluding steroid dienone is 1. The Kier molecular flexibility index (Phi) is 3.68. The quantitative estimate of drug-likeness (QED) is 0.660. The average Bonchev–Trinajstić information content (AvgIpc) is 2.18. The summed E-state index contributed by atoms with van der Waals surface area (Å²) in [6, 6.07) is -0.332. The molecule has 0 spiro atoms. The third-order valence-electron chi connectivity index (χ3n) is 2.25. The third kappa shape index (κ3) is 2.34. The lowest BCUT2D eigenvalue weighted by Crippen LogP contribution is -2.57. The van der Waals surface area contributed by atoms with Crippen LogP contribution in [0.15, 0.2) is 12.2 Å². The van der Waals surface area contributed by atoms with E-state index in [-0.39, 0.29) is 24.4 Å². The van der Waals surface area contributed by atoms with Gasteiger partial charge in [-0.25, -0.2) is 0 Å². The zero-order chi connectivity index (χ0) is 10.6. The van der Waals surface area contributed by atoms with Crippen LogP contribution in [0, 0.1) is 0 Å². The highest BCUT2D eigenvalue weighted by Crippen LogP contribution is 2.05. The molecule has 14 heavy (non-hydrogen) atoms. The number of hydrogen-bond donors (Lipinski definition) is 1. The van der Waals surface area contributed by atoms with Crippen molar-refractivity contribution in [3.8, 4) is 0 Å². The van der Waals surface area contributed by atoms with E-state index in [4.69, 9.17) is 0 Å². The van der Waals surface area contributed by atoms with Crippen LogP contribution in [-0.4, -0.2) is 35.8 Å². The summed E-state index contributed by atoms with van der Waals surface area (Å²) in [6.45, 7) is 4.49. The zero-order valence-electron chi connectivity index (χ0n) is 8.62. The average molecular weight is 196 g/mol. The van der Waals surface area contributed by atoms with Crippen LogP contribution in [0.3, 0.4) is 0 Å². The highest BCUT2D eigenvalue weighted by molar-refractivity contribution is 5.94. The molecule has 0 saturated carbocycles. The number of carbonyl (C=O) groups excluding carboxylic acids is 2. The molecular formula is C10H16N2O2. The molecule has 2 amide bonds. The number of carbonyl (C=O) groups is 2. The molecular weight excluding hydrogens is 180 g/mol. The van der Waals surface area contributed by atoms with E-state index in [0.29, 0.717) is 13.0 Å². The maximum Gasteiger partial charge on any atom is 0.245 e. The molecule has 4 heteroatoms. The minimum Gasteiger partial charge on any atom is -0.343 e. The van der Waals surface area contributed by atoms with E-state index in [2.05, 4.69) is 5.32 Å². The summed E-state index contributed by atoms with van der Waals surface area (Å²) < 4.78 is 0. The normalized spacial score (nSPS) is 23.0. The summed E-state index contributed by atoms with van der Waals surface area (Å²) >= 11 is 0. The van der Waals surface area contributed by atoms with Crippen LogP contribution in [0.4, 0.5) is 0 Å². The molecule has 4 nitrogen and oxygen atoms in total. The van der Waals surface area contributed by atoms with E-state index in [9.17, 15) is 9.59 Å². The first kappa shape index (κ1) is 10.8. The Morgan fingerprint density at radius 1 is 1.57 bits per heavy atom. The van der Waals surface area contributed by atoms with Crippen LogP contribution in [0.25, 0.3) is 0 Å². The second-order valence-corrected chi connectivity index (χ2v) is 3.32. The molecule has 0 aliphatic carbocycles. The molecule has 1 atom stereocenters. The van der Waals surface area contributed by atoms with Crippen molar-refractivity contribution in [2.75, 3.05) is 13.1 Å². The second kappa shape index (κ2) is 4.79. The smallest absolute Gasteiger partial charge is 0.245 e. The third-order valence-corrected chi connectivity index (χ3v) is 2.25. The summed E-state index contributed by atoms with van der Waals surface area (Å²) in [5.74, 6) is -0.0499. The van der Waals surface area contributed by atoms with Crippen molar-refractivity contribution in [1.82, 2.24) is 10.2 Å². The number of nitrogens with zero attached hydrogens (tertiary/aromatic N) is 1. The van der Waals surface area contributed by atoms with Gasteiger partial charge in [0.25, 0.3) is 0 Å². The van der Waals surface area contributed by atoms with Crippen LogP contribution >= 0.6 is 0 Å². The van der Waals surface area contributed by atoms with Gasteiger partial charge in [-0.05, 0) is 13.3 Å². The summed E-state index contributed by atoms with van der Waals surface area (Å²) in [4.78, 5) is 24.5. The lowest BCUT2D eigenvalue weighted by molar-refractivity contribution is -0.143. The molecule has 1 saturated heterocycles. The van der Waals surface area contributed by atoms with Crippen molar-refractivity contribution in [2.24, 2.45) is 0 Å². The Hall–Kier alpha value is -1.32. The molecule has 0 aromatic rings. The van der Waals surface area contributed by atoms with Gasteiger partial charge in [0.15, 0.2) is 0 Å². The molecule has 1 rings (SSSR count). The minimum atomic E-state index is -0.332. The van der Waals surface area contributed by atoms with Gasteiger partial charge >= 0.3 is 0 Å². The molecule has 0 aromatic heterocycles. The van der Waals surface area contributed by atoms with Gasteiger partial charge in [-0.1, -0.05) is 19.1 Å². The lowest BCUT2D eigenvalue weighted by atomic mass is 10.1. The predicted octanol–water partition coefficient (Wildman–Crippen LogP) is 0.299. The molecule has 1 aliphatic rings. The number of rotatable bonds is 3. The fraction of sp³-hybridized carbons (Fsp3) is 0.600. The highest BCUT2D eigenvalue weighted by atomic mass is 16.2. The first-order chi connectivity index (χ1) is 6.69.